The van der Waals surface area contributed by atoms with Crippen molar-refractivity contribution >= 4 is 27.8 Å². The van der Waals surface area contributed by atoms with E-state index in [1.165, 1.54) is 129 Å². The van der Waals surface area contributed by atoms with Crippen molar-refractivity contribution in [2.75, 3.05) is 4.90 Å². The molecule has 8 aromatic carbocycles. The van der Waals surface area contributed by atoms with Crippen LogP contribution in [0.25, 0.3) is 55.3 Å². The Labute approximate surface area is 366 Å². The average molecular weight is 798 g/mol. The lowest BCUT2D eigenvalue weighted by Crippen LogP contribution is -2.88. The SMILES string of the molecule is c1ccc(-c2ccc(-c3ccc(N(c4ccc5c(c4)C4(c6ccccc6-5)C5CC6CC7CC4C675)c4ccccc4-c4cccc5cccc(C6CCCCC6)c45)cc3)cc2)cc1. The molecule has 5 saturated carbocycles. The van der Waals surface area contributed by atoms with Gasteiger partial charge in [0.2, 0.25) is 0 Å². The summed E-state index contributed by atoms with van der Waals surface area (Å²) in [6, 6.07) is 69.6. The van der Waals surface area contributed by atoms with Gasteiger partial charge in [-0.2, -0.15) is 0 Å². The predicted octanol–water partition coefficient (Wildman–Crippen LogP) is 16.3. The van der Waals surface area contributed by atoms with Gasteiger partial charge in [0.15, 0.2) is 0 Å². The standard InChI is InChI=1S/C61H51N/c1-3-13-39(14-4-1)40-25-27-41(28-26-40)42-29-31-47(32-30-42)62(56-24-10-8-20-52(56)53-22-12-18-44-17-11-21-49(59(44)53)43-15-5-2-6-16-43)48-33-34-51-50-19-7-9-23-54(50)61(55(51)38-48)57-36-45-35-46-37-58(61)60(45,46)57/h1,3-4,7-14,17-34,38,43,45-46,57-58H,2,5-6,15-16,35-37H2. The Hall–Kier alpha value is -6.18. The molecule has 4 atom stereocenters. The summed E-state index contributed by atoms with van der Waals surface area (Å²) in [5.74, 6) is 4.16. The van der Waals surface area contributed by atoms with Crippen LogP contribution in [0.1, 0.15) is 74.0 Å². The molecule has 0 bridgehead atoms. The van der Waals surface area contributed by atoms with Gasteiger partial charge in [0.25, 0.3) is 0 Å². The van der Waals surface area contributed by atoms with E-state index in [1.54, 1.807) is 11.1 Å². The molecular weight excluding hydrogens is 747 g/mol. The molecule has 8 aromatic rings. The Morgan fingerprint density at radius 3 is 1.73 bits per heavy atom. The normalized spacial score (nSPS) is 25.9. The summed E-state index contributed by atoms with van der Waals surface area (Å²) in [6.45, 7) is 0. The number of rotatable bonds is 7. The van der Waals surface area contributed by atoms with Crippen molar-refractivity contribution in [1.29, 1.82) is 0 Å². The minimum Gasteiger partial charge on any atom is -0.310 e. The largest absolute Gasteiger partial charge is 0.310 e. The molecule has 0 heterocycles. The molecule has 0 radical (unpaired) electrons. The highest BCUT2D eigenvalue weighted by Crippen LogP contribution is 2.94. The molecule has 2 spiro atoms. The first-order chi connectivity index (χ1) is 30.7. The third-order valence-corrected chi connectivity index (χ3v) is 17.6. The zero-order chi connectivity index (χ0) is 40.6. The van der Waals surface area contributed by atoms with Gasteiger partial charge in [0, 0.05) is 22.4 Å². The van der Waals surface area contributed by atoms with Crippen LogP contribution in [0.15, 0.2) is 182 Å². The number of anilines is 3. The van der Waals surface area contributed by atoms with Gasteiger partial charge < -0.3 is 4.90 Å². The zero-order valence-electron chi connectivity index (χ0n) is 35.3. The minimum absolute atomic E-state index is 0.154. The maximum absolute atomic E-state index is 2.66. The van der Waals surface area contributed by atoms with Crippen molar-refractivity contribution in [3.63, 3.8) is 0 Å². The van der Waals surface area contributed by atoms with Gasteiger partial charge in [-0.05, 0) is 164 Å². The second kappa shape index (κ2) is 13.2. The van der Waals surface area contributed by atoms with Crippen LogP contribution in [0.5, 0.6) is 0 Å². The summed E-state index contributed by atoms with van der Waals surface area (Å²) in [5, 5.41) is 2.78. The third-order valence-electron chi connectivity index (χ3n) is 17.6. The maximum Gasteiger partial charge on any atom is 0.0540 e. The zero-order valence-corrected chi connectivity index (χ0v) is 35.3. The first kappa shape index (κ1) is 35.4. The molecule has 0 N–H and O–H groups in total. The summed E-state index contributed by atoms with van der Waals surface area (Å²) in [4.78, 5) is 2.60. The van der Waals surface area contributed by atoms with E-state index in [2.05, 4.69) is 187 Å². The third kappa shape index (κ3) is 4.59. The van der Waals surface area contributed by atoms with Crippen molar-refractivity contribution < 1.29 is 0 Å². The highest BCUT2D eigenvalue weighted by atomic mass is 15.1. The maximum atomic E-state index is 2.66. The molecule has 1 heteroatoms. The molecule has 4 unspecified atom stereocenters. The summed E-state index contributed by atoms with van der Waals surface area (Å²) in [7, 11) is 0. The number of fused-ring (bicyclic) bond motifs is 8. The molecule has 6 aliphatic carbocycles. The molecule has 62 heavy (non-hydrogen) atoms. The second-order valence-electron chi connectivity index (χ2n) is 19.8. The predicted molar refractivity (Wildman–Crippen MR) is 257 cm³/mol. The number of para-hydroxylation sites is 1. The Kier molecular flexibility index (Phi) is 7.52. The van der Waals surface area contributed by atoms with E-state index in [-0.39, 0.29) is 5.41 Å². The lowest BCUT2D eigenvalue weighted by Gasteiger charge is -2.92. The molecule has 1 nitrogen and oxygen atoms in total. The number of benzene rings is 8. The Morgan fingerprint density at radius 2 is 1.00 bits per heavy atom. The van der Waals surface area contributed by atoms with Gasteiger partial charge >= 0.3 is 0 Å². The molecule has 0 saturated heterocycles. The van der Waals surface area contributed by atoms with Crippen LogP contribution in [0.3, 0.4) is 0 Å². The van der Waals surface area contributed by atoms with E-state index in [0.717, 1.165) is 23.7 Å². The van der Waals surface area contributed by atoms with E-state index in [9.17, 15) is 0 Å². The lowest BCUT2D eigenvalue weighted by atomic mass is 9.11. The van der Waals surface area contributed by atoms with Gasteiger partial charge in [0.1, 0.15) is 0 Å². The second-order valence-corrected chi connectivity index (χ2v) is 19.8. The molecule has 300 valence electrons. The number of hydrogen-bond donors (Lipinski definition) is 0. The van der Waals surface area contributed by atoms with Gasteiger partial charge in [-0.15, -0.1) is 0 Å². The van der Waals surface area contributed by atoms with Crippen LogP contribution in [0.4, 0.5) is 17.1 Å². The van der Waals surface area contributed by atoms with E-state index in [0.29, 0.717) is 11.3 Å². The fraction of sp³-hybridized carbons (Fsp3) is 0.246. The van der Waals surface area contributed by atoms with Crippen molar-refractivity contribution in [3.8, 4) is 44.5 Å². The first-order valence-corrected chi connectivity index (χ1v) is 23.6. The van der Waals surface area contributed by atoms with Crippen molar-refractivity contribution in [3.05, 3.63) is 199 Å². The molecule has 0 amide bonds. The summed E-state index contributed by atoms with van der Waals surface area (Å²) < 4.78 is 0. The molecule has 0 aliphatic heterocycles. The van der Waals surface area contributed by atoms with E-state index >= 15 is 0 Å². The highest BCUT2D eigenvalue weighted by Gasteiger charge is 2.90. The lowest BCUT2D eigenvalue weighted by molar-refractivity contribution is -0.412. The quantitative estimate of drug-likeness (QED) is 0.155. The minimum atomic E-state index is 0.154. The topological polar surface area (TPSA) is 3.24 Å². The van der Waals surface area contributed by atoms with Gasteiger partial charge in [-0.1, -0.05) is 171 Å². The number of hydrogen-bond acceptors (Lipinski definition) is 1. The van der Waals surface area contributed by atoms with Crippen molar-refractivity contribution in [1.82, 2.24) is 0 Å². The van der Waals surface area contributed by atoms with E-state index in [1.807, 2.05) is 0 Å². The molecule has 14 rings (SSSR count). The molecule has 6 aliphatic rings. The Morgan fingerprint density at radius 1 is 0.419 bits per heavy atom. The average Bonchev–Trinajstić information content (AvgIpc) is 3.61. The van der Waals surface area contributed by atoms with Crippen LogP contribution >= 0.6 is 0 Å². The highest BCUT2D eigenvalue weighted by molar-refractivity contribution is 6.03. The van der Waals surface area contributed by atoms with E-state index in [4.69, 9.17) is 0 Å². The van der Waals surface area contributed by atoms with Gasteiger partial charge in [-0.25, -0.2) is 0 Å². The number of nitrogens with zero attached hydrogens (tertiary/aromatic N) is 1. The smallest absolute Gasteiger partial charge is 0.0540 e. The fourth-order valence-corrected chi connectivity index (χ4v) is 15.1. The summed E-state index contributed by atoms with van der Waals surface area (Å²) >= 11 is 0. The Bertz CT molecular complexity index is 3030. The summed E-state index contributed by atoms with van der Waals surface area (Å²) in [6.07, 6.45) is 10.9. The monoisotopic (exact) mass is 797 g/mol. The first-order valence-electron chi connectivity index (χ1n) is 23.6. The van der Waals surface area contributed by atoms with Crippen LogP contribution in [0.2, 0.25) is 0 Å². The van der Waals surface area contributed by atoms with Crippen molar-refractivity contribution in [2.24, 2.45) is 29.1 Å². The van der Waals surface area contributed by atoms with Crippen molar-refractivity contribution in [2.45, 2.75) is 62.7 Å². The fourth-order valence-electron chi connectivity index (χ4n) is 15.1. The van der Waals surface area contributed by atoms with Gasteiger partial charge in [-0.3, -0.25) is 0 Å². The molecular formula is C61H51N. The van der Waals surface area contributed by atoms with Crippen LogP contribution in [0, 0.1) is 29.1 Å². The van der Waals surface area contributed by atoms with E-state index < -0.39 is 0 Å². The molecule has 0 aromatic heterocycles. The Balaban J connectivity index is 0.936. The van der Waals surface area contributed by atoms with Crippen LogP contribution in [-0.4, -0.2) is 0 Å². The van der Waals surface area contributed by atoms with Gasteiger partial charge in [0.05, 0.1) is 5.69 Å². The molecule has 5 fully saturated rings. The summed E-state index contributed by atoms with van der Waals surface area (Å²) in [5.41, 5.74) is 19.8. The van der Waals surface area contributed by atoms with Crippen LogP contribution < -0.4 is 4.90 Å². The van der Waals surface area contributed by atoms with Crippen LogP contribution in [-0.2, 0) is 5.41 Å².